The zero-order valence-electron chi connectivity index (χ0n) is 16.3. The molecule has 2 aliphatic rings. The molecule has 0 atom stereocenters. The number of H-pyrrole nitrogens is 1. The van der Waals surface area contributed by atoms with Gasteiger partial charge in [-0.25, -0.2) is 4.98 Å². The fourth-order valence-corrected chi connectivity index (χ4v) is 5.51. The molecule has 2 aromatic rings. The predicted octanol–water partition coefficient (Wildman–Crippen LogP) is 1.41. The molecule has 0 radical (unpaired) electrons. The maximum atomic E-state index is 12.5. The Morgan fingerprint density at radius 2 is 1.96 bits per heavy atom. The van der Waals surface area contributed by atoms with Gasteiger partial charge in [0.05, 0.1) is 31.6 Å². The number of aryl methyl sites for hydroxylation is 2. The Morgan fingerprint density at radius 1 is 1.26 bits per heavy atom. The SMILES string of the molecule is Cc1sc2nc(C[NH+]3CCN(C(=O)CC4CCCC4)CC3)[nH]c(=O)c2c1C. The summed E-state index contributed by atoms with van der Waals surface area (Å²) in [5.41, 5.74) is 1.01. The van der Waals surface area contributed by atoms with E-state index in [1.54, 1.807) is 11.3 Å². The van der Waals surface area contributed by atoms with Crippen molar-refractivity contribution in [3.8, 4) is 0 Å². The van der Waals surface area contributed by atoms with E-state index in [0.717, 1.165) is 59.1 Å². The number of nitrogens with one attached hydrogen (secondary N) is 2. The molecular weight excluding hydrogens is 360 g/mol. The van der Waals surface area contributed by atoms with E-state index in [1.807, 2.05) is 18.7 Å². The van der Waals surface area contributed by atoms with E-state index < -0.39 is 0 Å². The molecule has 4 rings (SSSR count). The van der Waals surface area contributed by atoms with Crippen molar-refractivity contribution in [1.29, 1.82) is 0 Å². The van der Waals surface area contributed by atoms with E-state index in [1.165, 1.54) is 30.6 Å². The average molecular weight is 390 g/mol. The number of hydrogen-bond donors (Lipinski definition) is 2. The van der Waals surface area contributed by atoms with Gasteiger partial charge in [-0.2, -0.15) is 0 Å². The first-order valence-corrected chi connectivity index (χ1v) is 10.9. The minimum atomic E-state index is -0.0263. The standard InChI is InChI=1S/C20H28N4O2S/c1-13-14(2)27-20-18(13)19(26)21-16(22-20)12-23-7-9-24(10-8-23)17(25)11-15-5-3-4-6-15/h15H,3-12H2,1-2H3,(H,21,22,26)/p+1. The van der Waals surface area contributed by atoms with E-state index in [0.29, 0.717) is 18.4 Å². The predicted molar refractivity (Wildman–Crippen MR) is 107 cm³/mol. The van der Waals surface area contributed by atoms with E-state index >= 15 is 0 Å². The van der Waals surface area contributed by atoms with Crippen LogP contribution in [0.3, 0.4) is 0 Å². The van der Waals surface area contributed by atoms with Crippen molar-refractivity contribution in [2.45, 2.75) is 52.5 Å². The van der Waals surface area contributed by atoms with Gasteiger partial charge in [-0.3, -0.25) is 9.59 Å². The van der Waals surface area contributed by atoms with Gasteiger partial charge >= 0.3 is 0 Å². The van der Waals surface area contributed by atoms with Crippen molar-refractivity contribution in [3.05, 3.63) is 26.6 Å². The molecule has 1 amide bonds. The summed E-state index contributed by atoms with van der Waals surface area (Å²) in [6.07, 6.45) is 5.75. The number of carbonyl (C=O) groups excluding carboxylic acids is 1. The largest absolute Gasteiger partial charge is 0.331 e. The molecule has 2 N–H and O–H groups in total. The molecule has 0 bridgehead atoms. The number of aromatic nitrogens is 2. The Labute approximate surface area is 163 Å². The molecule has 2 aromatic heterocycles. The minimum absolute atomic E-state index is 0.0263. The number of aromatic amines is 1. The zero-order valence-corrected chi connectivity index (χ0v) is 17.1. The third-order valence-electron chi connectivity index (χ3n) is 6.27. The van der Waals surface area contributed by atoms with Gasteiger partial charge in [-0.15, -0.1) is 11.3 Å². The lowest BCUT2D eigenvalue weighted by Crippen LogP contribution is -3.13. The van der Waals surface area contributed by atoms with Crippen molar-refractivity contribution in [1.82, 2.24) is 14.9 Å². The van der Waals surface area contributed by atoms with Crippen LogP contribution < -0.4 is 10.5 Å². The van der Waals surface area contributed by atoms with Gasteiger partial charge in [-0.05, 0) is 38.2 Å². The first kappa shape index (κ1) is 18.6. The van der Waals surface area contributed by atoms with Crippen LogP contribution in [-0.4, -0.2) is 47.0 Å². The summed E-state index contributed by atoms with van der Waals surface area (Å²) in [7, 11) is 0. The molecule has 146 valence electrons. The van der Waals surface area contributed by atoms with E-state index in [9.17, 15) is 9.59 Å². The Hall–Kier alpha value is -1.73. The van der Waals surface area contributed by atoms with Crippen LogP contribution in [0.1, 0.15) is 48.4 Å². The summed E-state index contributed by atoms with van der Waals surface area (Å²) in [4.78, 5) is 38.0. The van der Waals surface area contributed by atoms with E-state index in [-0.39, 0.29) is 5.56 Å². The molecular formula is C20H29N4O2S+. The highest BCUT2D eigenvalue weighted by molar-refractivity contribution is 7.18. The second-order valence-corrected chi connectivity index (χ2v) is 9.34. The number of hydrogen-bond acceptors (Lipinski definition) is 4. The van der Waals surface area contributed by atoms with Crippen molar-refractivity contribution in [2.24, 2.45) is 5.92 Å². The zero-order chi connectivity index (χ0) is 19.0. The van der Waals surface area contributed by atoms with Crippen molar-refractivity contribution < 1.29 is 9.69 Å². The highest BCUT2D eigenvalue weighted by atomic mass is 32.1. The second-order valence-electron chi connectivity index (χ2n) is 8.14. The number of rotatable bonds is 4. The highest BCUT2D eigenvalue weighted by Gasteiger charge is 2.27. The van der Waals surface area contributed by atoms with Gasteiger partial charge < -0.3 is 14.8 Å². The number of carbonyl (C=O) groups is 1. The Kier molecular flexibility index (Phi) is 5.32. The third kappa shape index (κ3) is 3.94. The number of fused-ring (bicyclic) bond motifs is 1. The first-order valence-electron chi connectivity index (χ1n) is 10.1. The monoisotopic (exact) mass is 389 g/mol. The van der Waals surface area contributed by atoms with Gasteiger partial charge in [0.2, 0.25) is 5.91 Å². The number of piperazine rings is 1. The average Bonchev–Trinajstić information content (AvgIpc) is 3.24. The van der Waals surface area contributed by atoms with Crippen LogP contribution >= 0.6 is 11.3 Å². The normalized spacial score (nSPS) is 19.3. The van der Waals surface area contributed by atoms with Gasteiger partial charge in [0, 0.05) is 11.3 Å². The lowest BCUT2D eigenvalue weighted by Gasteiger charge is -2.32. The molecule has 7 heteroatoms. The van der Waals surface area contributed by atoms with Crippen LogP contribution in [0, 0.1) is 19.8 Å². The maximum absolute atomic E-state index is 12.5. The molecule has 0 unspecified atom stereocenters. The number of amides is 1. The fraction of sp³-hybridized carbons (Fsp3) is 0.650. The number of thiophene rings is 1. The lowest BCUT2D eigenvalue weighted by molar-refractivity contribution is -0.918. The lowest BCUT2D eigenvalue weighted by atomic mass is 10.0. The van der Waals surface area contributed by atoms with Gasteiger partial charge in [0.15, 0.2) is 5.82 Å². The van der Waals surface area contributed by atoms with E-state index in [2.05, 4.69) is 4.98 Å². The van der Waals surface area contributed by atoms with Gasteiger partial charge in [0.1, 0.15) is 11.4 Å². The van der Waals surface area contributed by atoms with Crippen LogP contribution in [0.2, 0.25) is 0 Å². The van der Waals surface area contributed by atoms with Crippen LogP contribution in [0.15, 0.2) is 4.79 Å². The minimum Gasteiger partial charge on any atom is -0.331 e. The molecule has 1 saturated heterocycles. The summed E-state index contributed by atoms with van der Waals surface area (Å²) in [6, 6.07) is 0. The molecule has 1 saturated carbocycles. The smallest absolute Gasteiger partial charge is 0.260 e. The summed E-state index contributed by atoms with van der Waals surface area (Å²) < 4.78 is 0. The van der Waals surface area contributed by atoms with Crippen molar-refractivity contribution in [3.63, 3.8) is 0 Å². The molecule has 3 heterocycles. The molecule has 1 aliphatic heterocycles. The molecule has 0 spiro atoms. The Morgan fingerprint density at radius 3 is 2.67 bits per heavy atom. The third-order valence-corrected chi connectivity index (χ3v) is 7.37. The Bertz CT molecular complexity index is 889. The van der Waals surface area contributed by atoms with Gasteiger partial charge in [0.25, 0.3) is 5.56 Å². The number of nitrogens with zero attached hydrogens (tertiary/aromatic N) is 2. The van der Waals surface area contributed by atoms with Crippen LogP contribution in [0.25, 0.3) is 10.2 Å². The first-order chi connectivity index (χ1) is 13.0. The highest BCUT2D eigenvalue weighted by Crippen LogP contribution is 2.28. The molecule has 0 aromatic carbocycles. The van der Waals surface area contributed by atoms with Gasteiger partial charge in [-0.1, -0.05) is 12.8 Å². The molecule has 2 fully saturated rings. The summed E-state index contributed by atoms with van der Waals surface area (Å²) in [5.74, 6) is 1.70. The molecule has 27 heavy (non-hydrogen) atoms. The number of quaternary nitrogens is 1. The van der Waals surface area contributed by atoms with Crippen molar-refractivity contribution in [2.75, 3.05) is 26.2 Å². The quantitative estimate of drug-likeness (QED) is 0.831. The topological polar surface area (TPSA) is 70.5 Å². The maximum Gasteiger partial charge on any atom is 0.260 e. The van der Waals surface area contributed by atoms with E-state index in [4.69, 9.17) is 4.98 Å². The summed E-state index contributed by atoms with van der Waals surface area (Å²) in [6.45, 7) is 8.19. The van der Waals surface area contributed by atoms with Crippen LogP contribution in [0.5, 0.6) is 0 Å². The summed E-state index contributed by atoms with van der Waals surface area (Å²) >= 11 is 1.60. The summed E-state index contributed by atoms with van der Waals surface area (Å²) in [5, 5.41) is 0.735. The fourth-order valence-electron chi connectivity index (χ4n) is 4.46. The van der Waals surface area contributed by atoms with Crippen molar-refractivity contribution >= 4 is 27.5 Å². The molecule has 1 aliphatic carbocycles. The Balaban J connectivity index is 1.35. The second kappa shape index (κ2) is 7.72. The van der Waals surface area contributed by atoms with Crippen LogP contribution in [-0.2, 0) is 11.3 Å². The molecule has 6 nitrogen and oxygen atoms in total. The van der Waals surface area contributed by atoms with Crippen LogP contribution in [0.4, 0.5) is 0 Å².